The number of hydrogen-bond donors (Lipinski definition) is 0. The first kappa shape index (κ1) is 19.2. The number of unbranched alkanes of at least 4 members (excludes halogenated alkanes) is 10. The number of pyridine rings is 1. The van der Waals surface area contributed by atoms with E-state index >= 15 is 0 Å². The van der Waals surface area contributed by atoms with Crippen LogP contribution in [0.4, 0.5) is 0 Å². The Morgan fingerprint density at radius 2 is 1.18 bits per heavy atom. The second-order valence-corrected chi connectivity index (χ2v) is 7.00. The molecule has 0 aliphatic heterocycles. The van der Waals surface area contributed by atoms with Crippen molar-refractivity contribution in [3.05, 3.63) is 30.6 Å². The van der Waals surface area contributed by atoms with E-state index in [0.717, 1.165) is 5.92 Å². The fourth-order valence-electron chi connectivity index (χ4n) is 3.16. The molecule has 1 atom stereocenters. The molecule has 1 aromatic rings. The fourth-order valence-corrected chi connectivity index (χ4v) is 3.16. The average molecular weight is 305 g/mol. The standard InChI is InChI=1S/C21H38N/c1-3-4-5-6-7-8-9-10-11-12-14-17-21(2)20-22-18-15-13-16-19-22/h13,15-16,18-19,21H,3-12,14,17,20H2,1-2H3/q+1. The van der Waals surface area contributed by atoms with Crippen LogP contribution in [0.15, 0.2) is 30.6 Å². The van der Waals surface area contributed by atoms with E-state index in [9.17, 15) is 0 Å². The average Bonchev–Trinajstić information content (AvgIpc) is 2.53. The third-order valence-corrected chi connectivity index (χ3v) is 4.60. The van der Waals surface area contributed by atoms with Gasteiger partial charge in [0.25, 0.3) is 0 Å². The molecule has 1 aromatic heterocycles. The largest absolute Gasteiger partial charge is 0.205 e. The van der Waals surface area contributed by atoms with Crippen LogP contribution in [0.25, 0.3) is 0 Å². The summed E-state index contributed by atoms with van der Waals surface area (Å²) < 4.78 is 2.31. The summed E-state index contributed by atoms with van der Waals surface area (Å²) in [6.07, 6.45) is 21.6. The van der Waals surface area contributed by atoms with Gasteiger partial charge in [-0.05, 0) is 6.42 Å². The SMILES string of the molecule is CCCCCCCCCCCCCC(C)C[n+]1ccccc1. The van der Waals surface area contributed by atoms with Gasteiger partial charge in [0.15, 0.2) is 18.9 Å². The zero-order valence-electron chi connectivity index (χ0n) is 15.1. The van der Waals surface area contributed by atoms with Crippen molar-refractivity contribution in [2.45, 2.75) is 97.4 Å². The first-order valence-electron chi connectivity index (χ1n) is 9.77. The predicted molar refractivity (Wildman–Crippen MR) is 96.9 cm³/mol. The van der Waals surface area contributed by atoms with Gasteiger partial charge in [0, 0.05) is 18.1 Å². The highest BCUT2D eigenvalue weighted by Gasteiger charge is 2.07. The molecule has 0 saturated heterocycles. The molecular weight excluding hydrogens is 266 g/mol. The molecule has 0 N–H and O–H groups in total. The topological polar surface area (TPSA) is 3.88 Å². The maximum atomic E-state index is 2.39. The predicted octanol–water partition coefficient (Wildman–Crippen LogP) is 6.31. The summed E-state index contributed by atoms with van der Waals surface area (Å²) in [6, 6.07) is 6.33. The lowest BCUT2D eigenvalue weighted by Crippen LogP contribution is -2.35. The Kier molecular flexibility index (Phi) is 12.0. The van der Waals surface area contributed by atoms with Gasteiger partial charge in [0.1, 0.15) is 0 Å². The Morgan fingerprint density at radius 3 is 1.73 bits per heavy atom. The second-order valence-electron chi connectivity index (χ2n) is 7.00. The van der Waals surface area contributed by atoms with Crippen LogP contribution in [0.3, 0.4) is 0 Å². The van der Waals surface area contributed by atoms with Crippen molar-refractivity contribution in [1.82, 2.24) is 0 Å². The van der Waals surface area contributed by atoms with Crippen LogP contribution < -0.4 is 4.57 Å². The van der Waals surface area contributed by atoms with Crippen LogP contribution in [0, 0.1) is 5.92 Å². The van der Waals surface area contributed by atoms with E-state index in [1.54, 1.807) is 0 Å². The molecular formula is C21H38N+. The third kappa shape index (κ3) is 10.8. The highest BCUT2D eigenvalue weighted by molar-refractivity contribution is 4.83. The fraction of sp³-hybridized carbons (Fsp3) is 0.762. The summed E-state index contributed by atoms with van der Waals surface area (Å²) in [5, 5.41) is 0. The molecule has 0 aliphatic rings. The van der Waals surface area contributed by atoms with Crippen molar-refractivity contribution in [3.8, 4) is 0 Å². The molecule has 1 heteroatoms. The van der Waals surface area contributed by atoms with Crippen molar-refractivity contribution in [2.75, 3.05) is 0 Å². The van der Waals surface area contributed by atoms with Gasteiger partial charge in [-0.15, -0.1) is 0 Å². The van der Waals surface area contributed by atoms with Gasteiger partial charge in [0.05, 0.1) is 0 Å². The first-order chi connectivity index (χ1) is 10.8. The van der Waals surface area contributed by atoms with Crippen molar-refractivity contribution in [1.29, 1.82) is 0 Å². The van der Waals surface area contributed by atoms with Crippen LogP contribution in [0.1, 0.15) is 90.9 Å². The Morgan fingerprint density at radius 1 is 0.682 bits per heavy atom. The van der Waals surface area contributed by atoms with E-state index in [1.165, 1.54) is 83.6 Å². The van der Waals surface area contributed by atoms with Gasteiger partial charge in [0.2, 0.25) is 0 Å². The molecule has 1 rings (SSSR count). The lowest BCUT2D eigenvalue weighted by Gasteiger charge is -2.08. The van der Waals surface area contributed by atoms with Crippen LogP contribution in [-0.4, -0.2) is 0 Å². The molecule has 1 heterocycles. The maximum Gasteiger partial charge on any atom is 0.168 e. The molecule has 0 spiro atoms. The number of hydrogen-bond acceptors (Lipinski definition) is 0. The molecule has 0 amide bonds. The minimum atomic E-state index is 0.797. The Labute approximate surface area is 139 Å². The van der Waals surface area contributed by atoms with Crippen LogP contribution in [-0.2, 0) is 6.54 Å². The highest BCUT2D eigenvalue weighted by Crippen LogP contribution is 2.14. The molecule has 1 unspecified atom stereocenters. The van der Waals surface area contributed by atoms with Gasteiger partial charge < -0.3 is 0 Å². The summed E-state index contributed by atoms with van der Waals surface area (Å²) >= 11 is 0. The van der Waals surface area contributed by atoms with Crippen molar-refractivity contribution in [3.63, 3.8) is 0 Å². The zero-order chi connectivity index (χ0) is 15.9. The zero-order valence-corrected chi connectivity index (χ0v) is 15.1. The highest BCUT2D eigenvalue weighted by atomic mass is 14.9. The molecule has 126 valence electrons. The molecule has 0 aromatic carbocycles. The van der Waals surface area contributed by atoms with Gasteiger partial charge in [-0.25, -0.2) is 4.57 Å². The molecule has 0 fully saturated rings. The van der Waals surface area contributed by atoms with E-state index in [2.05, 4.69) is 49.0 Å². The number of nitrogens with zero attached hydrogens (tertiary/aromatic N) is 1. The van der Waals surface area contributed by atoms with Crippen molar-refractivity contribution in [2.24, 2.45) is 5.92 Å². The van der Waals surface area contributed by atoms with Gasteiger partial charge in [-0.1, -0.05) is 90.5 Å². The summed E-state index contributed by atoms with van der Waals surface area (Å²) in [5.74, 6) is 0.797. The summed E-state index contributed by atoms with van der Waals surface area (Å²) in [5.41, 5.74) is 0. The lowest BCUT2D eigenvalue weighted by atomic mass is 10.0. The molecule has 0 bridgehead atoms. The van der Waals surface area contributed by atoms with Gasteiger partial charge in [-0.2, -0.15) is 0 Å². The first-order valence-corrected chi connectivity index (χ1v) is 9.77. The third-order valence-electron chi connectivity index (χ3n) is 4.60. The van der Waals surface area contributed by atoms with Gasteiger partial charge in [-0.3, -0.25) is 0 Å². The quantitative estimate of drug-likeness (QED) is 0.280. The van der Waals surface area contributed by atoms with Crippen LogP contribution in [0.2, 0.25) is 0 Å². The smallest absolute Gasteiger partial charge is 0.168 e. The Balaban J connectivity index is 1.85. The minimum Gasteiger partial charge on any atom is -0.205 e. The van der Waals surface area contributed by atoms with Crippen LogP contribution in [0.5, 0.6) is 0 Å². The normalized spacial score (nSPS) is 12.5. The number of rotatable bonds is 14. The van der Waals surface area contributed by atoms with Gasteiger partial charge >= 0.3 is 0 Å². The lowest BCUT2D eigenvalue weighted by molar-refractivity contribution is -0.703. The van der Waals surface area contributed by atoms with Crippen molar-refractivity contribution < 1.29 is 4.57 Å². The van der Waals surface area contributed by atoms with E-state index < -0.39 is 0 Å². The number of aromatic nitrogens is 1. The summed E-state index contributed by atoms with van der Waals surface area (Å²) in [6.45, 7) is 5.84. The van der Waals surface area contributed by atoms with E-state index in [4.69, 9.17) is 0 Å². The Hall–Kier alpha value is -0.850. The molecule has 1 nitrogen and oxygen atoms in total. The monoisotopic (exact) mass is 304 g/mol. The summed E-state index contributed by atoms with van der Waals surface area (Å²) in [7, 11) is 0. The van der Waals surface area contributed by atoms with Crippen molar-refractivity contribution >= 4 is 0 Å². The molecule has 22 heavy (non-hydrogen) atoms. The maximum absolute atomic E-state index is 2.39. The van der Waals surface area contributed by atoms with E-state index in [-0.39, 0.29) is 0 Å². The second kappa shape index (κ2) is 13.8. The summed E-state index contributed by atoms with van der Waals surface area (Å²) in [4.78, 5) is 0. The molecule has 0 radical (unpaired) electrons. The minimum absolute atomic E-state index is 0.797. The Bertz CT molecular complexity index is 333. The molecule has 0 aliphatic carbocycles. The van der Waals surface area contributed by atoms with E-state index in [1.807, 2.05) is 0 Å². The molecule has 0 saturated carbocycles. The van der Waals surface area contributed by atoms with E-state index in [0.29, 0.717) is 0 Å². The van der Waals surface area contributed by atoms with Crippen LogP contribution >= 0.6 is 0 Å².